The lowest BCUT2D eigenvalue weighted by atomic mass is 9.85. The Morgan fingerprint density at radius 3 is 1.66 bits per heavy atom. The van der Waals surface area contributed by atoms with Gasteiger partial charge in [-0.1, -0.05) is 59.6 Å². The summed E-state index contributed by atoms with van der Waals surface area (Å²) in [6, 6.07) is 25.2. The molecule has 2 saturated carbocycles. The first-order valence-electron chi connectivity index (χ1n) is 19.1. The lowest BCUT2D eigenvalue weighted by Crippen LogP contribution is -2.41. The molecule has 58 heavy (non-hydrogen) atoms. The van der Waals surface area contributed by atoms with Gasteiger partial charge in [0.25, 0.3) is 0 Å². The maximum atomic E-state index is 12.6. The molecule has 306 valence electrons. The van der Waals surface area contributed by atoms with Crippen molar-refractivity contribution in [1.82, 2.24) is 25.9 Å². The summed E-state index contributed by atoms with van der Waals surface area (Å²) in [5, 5.41) is 12.2. The minimum atomic E-state index is -4.36. The largest absolute Gasteiger partial charge is 0.417 e. The molecule has 4 aromatic rings. The van der Waals surface area contributed by atoms with Crippen LogP contribution in [0.5, 0.6) is 0 Å². The van der Waals surface area contributed by atoms with Crippen LogP contribution in [-0.4, -0.2) is 40.2 Å². The van der Waals surface area contributed by atoms with Crippen LogP contribution in [-0.2, 0) is 12.4 Å². The topological polar surface area (TPSA) is 126 Å². The minimum absolute atomic E-state index is 0.205. The summed E-state index contributed by atoms with van der Waals surface area (Å²) in [4.78, 5) is 10.5. The summed E-state index contributed by atoms with van der Waals surface area (Å²) < 4.78 is 75.2. The molecule has 0 bridgehead atoms. The van der Waals surface area contributed by atoms with E-state index in [1.165, 1.54) is 12.1 Å². The predicted octanol–water partition coefficient (Wildman–Crippen LogP) is 10.4. The molecule has 16 heteroatoms. The lowest BCUT2D eigenvalue weighted by Gasteiger charge is -2.33. The number of hydrogen-bond acceptors (Lipinski definition) is 8. The van der Waals surface area contributed by atoms with E-state index >= 15 is 0 Å². The van der Waals surface area contributed by atoms with Crippen molar-refractivity contribution in [1.29, 1.82) is 0 Å². The van der Waals surface area contributed by atoms with Gasteiger partial charge in [-0.3, -0.25) is 5.01 Å². The highest BCUT2D eigenvalue weighted by Crippen LogP contribution is 2.33. The zero-order valence-electron chi connectivity index (χ0n) is 31.7. The average molecular weight is 805 g/mol. The van der Waals surface area contributed by atoms with Gasteiger partial charge < -0.3 is 16.1 Å². The zero-order chi connectivity index (χ0) is 41.4. The second kappa shape index (κ2) is 21.0. The Morgan fingerprint density at radius 2 is 1.22 bits per heavy atom. The maximum absolute atomic E-state index is 12.6. The normalized spacial score (nSPS) is 20.3. The highest BCUT2D eigenvalue weighted by Gasteiger charge is 2.32. The smallest absolute Gasteiger partial charge is 0.367 e. The van der Waals surface area contributed by atoms with Crippen molar-refractivity contribution in [2.24, 2.45) is 17.0 Å². The number of aromatic nitrogens is 2. The number of azide groups is 1. The van der Waals surface area contributed by atoms with Crippen LogP contribution in [0.15, 0.2) is 109 Å². The number of terminal acetylenes is 1. The first-order valence-corrected chi connectivity index (χ1v) is 19.1. The predicted molar refractivity (Wildman–Crippen MR) is 213 cm³/mol. The molecule has 0 spiro atoms. The Morgan fingerprint density at radius 1 is 0.724 bits per heavy atom. The van der Waals surface area contributed by atoms with Gasteiger partial charge in [-0.25, -0.2) is 9.97 Å². The number of anilines is 2. The van der Waals surface area contributed by atoms with Gasteiger partial charge in [-0.15, -0.1) is 12.0 Å². The van der Waals surface area contributed by atoms with Crippen LogP contribution in [0.3, 0.4) is 0 Å². The van der Waals surface area contributed by atoms with Crippen LogP contribution in [0.2, 0.25) is 0 Å². The monoisotopic (exact) mass is 804 g/mol. The number of halogens is 6. The van der Waals surface area contributed by atoms with Crippen molar-refractivity contribution in [3.8, 4) is 12.3 Å². The second-order valence-corrected chi connectivity index (χ2v) is 14.3. The van der Waals surface area contributed by atoms with Crippen LogP contribution < -0.4 is 21.6 Å². The number of nitrogens with zero attached hydrogens (tertiary/aromatic N) is 6. The van der Waals surface area contributed by atoms with Crippen molar-refractivity contribution >= 4 is 17.3 Å². The van der Waals surface area contributed by atoms with Gasteiger partial charge in [0.15, 0.2) is 0 Å². The molecule has 0 unspecified atom stereocenters. The molecule has 2 aromatic carbocycles. The van der Waals surface area contributed by atoms with E-state index in [0.717, 1.165) is 99.3 Å². The molecule has 2 aromatic heterocycles. The van der Waals surface area contributed by atoms with Gasteiger partial charge in [0.1, 0.15) is 11.6 Å². The van der Waals surface area contributed by atoms with E-state index < -0.39 is 23.5 Å². The van der Waals surface area contributed by atoms with Crippen molar-refractivity contribution in [3.05, 3.63) is 136 Å². The maximum Gasteiger partial charge on any atom is 0.417 e. The number of hydrazine groups is 2. The third-order valence-electron chi connectivity index (χ3n) is 10.1. The van der Waals surface area contributed by atoms with Crippen molar-refractivity contribution < 1.29 is 26.3 Å². The molecule has 0 atom stereocenters. The van der Waals surface area contributed by atoms with Crippen LogP contribution in [0, 0.1) is 24.2 Å². The number of pyridine rings is 2. The fourth-order valence-corrected chi connectivity index (χ4v) is 6.94. The number of nitrogens with one attached hydrogen (secondary N) is 4. The fourth-order valence-electron chi connectivity index (χ4n) is 6.94. The molecule has 2 fully saturated rings. The molecule has 3 aliphatic rings. The van der Waals surface area contributed by atoms with Gasteiger partial charge in [0, 0.05) is 59.8 Å². The Bertz CT molecular complexity index is 1940. The van der Waals surface area contributed by atoms with E-state index in [-0.39, 0.29) is 12.1 Å². The highest BCUT2D eigenvalue weighted by molar-refractivity contribution is 5.64. The molecule has 3 heterocycles. The molecule has 0 radical (unpaired) electrons. The molecule has 4 N–H and O–H groups in total. The minimum Gasteiger partial charge on any atom is -0.367 e. The molecule has 10 nitrogen and oxygen atoms in total. The Hall–Kier alpha value is -5.91. The van der Waals surface area contributed by atoms with E-state index in [9.17, 15) is 26.3 Å². The fraction of sp³-hybridized carbons (Fsp3) is 0.381. The third-order valence-corrected chi connectivity index (χ3v) is 10.1. The molecule has 7 rings (SSSR count). The van der Waals surface area contributed by atoms with E-state index in [4.69, 9.17) is 12.0 Å². The van der Waals surface area contributed by atoms with E-state index in [1.807, 2.05) is 54.7 Å². The Kier molecular flexibility index (Phi) is 15.7. The molecular weight excluding hydrogens is 759 g/mol. The van der Waals surface area contributed by atoms with E-state index in [2.05, 4.69) is 64.7 Å². The molecule has 1 aliphatic heterocycles. The number of benzene rings is 2. The van der Waals surface area contributed by atoms with Gasteiger partial charge in [0.05, 0.1) is 16.8 Å². The molecule has 2 aliphatic carbocycles. The van der Waals surface area contributed by atoms with Crippen LogP contribution >= 0.6 is 0 Å². The summed E-state index contributed by atoms with van der Waals surface area (Å²) in [6.45, 7) is 1.42. The zero-order valence-corrected chi connectivity index (χ0v) is 31.7. The number of alkyl halides is 6. The van der Waals surface area contributed by atoms with Gasteiger partial charge in [-0.05, 0) is 105 Å². The van der Waals surface area contributed by atoms with Crippen LogP contribution in [0.25, 0.3) is 16.1 Å². The summed E-state index contributed by atoms with van der Waals surface area (Å²) in [7, 11) is 0. The average Bonchev–Trinajstić information content (AvgIpc) is 3.70. The quantitative estimate of drug-likeness (QED) is 0.0436. The van der Waals surface area contributed by atoms with Crippen molar-refractivity contribution in [2.75, 3.05) is 23.7 Å². The van der Waals surface area contributed by atoms with Gasteiger partial charge in [-0.2, -0.15) is 26.3 Å². The highest BCUT2D eigenvalue weighted by atomic mass is 19.4. The standard InChI is InChI=1S/C21H24F3N5.C13H16F3N5.C8H6/c22-21(23,24)17-8-11-20(25-12-17)27-18-9-6-15(7-10-18)14-29-19(13-26-28-29)16-4-2-1-3-5-16;14-13(15,16)10-3-6-12(18-8-10)20-11-4-1-9(2-5-11)7-19-21-17;1-2-8-6-4-3-5-7-8/h1-5,8,11-13,15,18,26,28H,6-7,9-10,14H2,(H,25,27);3,6,8-9,11H,1-2,4-5,7H2,(H,18,20);1,3-7H. The molecule has 0 amide bonds. The van der Waals surface area contributed by atoms with Gasteiger partial charge >= 0.3 is 12.4 Å². The molecular formula is C42H46F6N10. The SMILES string of the molecule is C#Cc1ccccc1.FC(F)(F)c1ccc(NC2CCC(CN3NNC=C3c3ccccc3)CC2)nc1.[N-]=[N+]=NCC1CCC(Nc2ccc(C(F)(F)F)cn2)CC1. The van der Waals surface area contributed by atoms with Crippen LogP contribution in [0.4, 0.5) is 38.0 Å². The van der Waals surface area contributed by atoms with Gasteiger partial charge in [0.2, 0.25) is 0 Å². The number of hydrogen-bond donors (Lipinski definition) is 4. The Labute approximate surface area is 334 Å². The van der Waals surface area contributed by atoms with E-state index in [1.54, 1.807) is 0 Å². The first-order chi connectivity index (χ1) is 27.9. The van der Waals surface area contributed by atoms with E-state index in [0.29, 0.717) is 30.0 Å². The summed E-state index contributed by atoms with van der Waals surface area (Å²) in [5.41, 5.74) is 16.3. The van der Waals surface area contributed by atoms with Crippen LogP contribution in [0.1, 0.15) is 73.6 Å². The Balaban J connectivity index is 0.000000192. The molecule has 0 saturated heterocycles. The second-order valence-electron chi connectivity index (χ2n) is 14.3. The van der Waals surface area contributed by atoms with Crippen molar-refractivity contribution in [2.45, 2.75) is 75.8 Å². The third kappa shape index (κ3) is 13.6. The number of rotatable bonds is 9. The summed E-state index contributed by atoms with van der Waals surface area (Å²) in [5.74, 6) is 4.44. The summed E-state index contributed by atoms with van der Waals surface area (Å²) >= 11 is 0. The van der Waals surface area contributed by atoms with Crippen molar-refractivity contribution in [3.63, 3.8) is 0 Å². The first kappa shape index (κ1) is 43.2. The summed E-state index contributed by atoms with van der Waals surface area (Å²) in [6.07, 6.45) is 7.82. The lowest BCUT2D eigenvalue weighted by molar-refractivity contribution is -0.138.